The van der Waals surface area contributed by atoms with Crippen LogP contribution in [0, 0.1) is 0 Å². The molecule has 0 aliphatic heterocycles. The summed E-state index contributed by atoms with van der Waals surface area (Å²) in [5, 5.41) is -13.9. The first-order valence-corrected chi connectivity index (χ1v) is 11.4. The zero-order valence-electron chi connectivity index (χ0n) is 22.3. The molecular formula is C16F31N3O3. The average molecular weight is 871 g/mol. The van der Waals surface area contributed by atoms with Crippen LogP contribution >= 0.6 is 0 Å². The second-order valence-electron chi connectivity index (χ2n) is 10.3. The Morgan fingerprint density at radius 3 is 0.566 bits per heavy atom. The Morgan fingerprint density at radius 2 is 0.434 bits per heavy atom. The van der Waals surface area contributed by atoms with Crippen LogP contribution < -0.4 is 0 Å². The van der Waals surface area contributed by atoms with Gasteiger partial charge in [-0.1, -0.05) is 26.9 Å². The van der Waals surface area contributed by atoms with Gasteiger partial charge in [0, 0.05) is 0 Å². The average Bonchev–Trinajstić information content (AvgIpc) is 2.93. The lowest BCUT2D eigenvalue weighted by Gasteiger charge is -2.77. The van der Waals surface area contributed by atoms with Crippen LogP contribution in [0.5, 0.6) is 0 Å². The molecule has 0 spiro atoms. The van der Waals surface area contributed by atoms with Crippen molar-refractivity contribution in [1.82, 2.24) is 16.0 Å². The van der Waals surface area contributed by atoms with E-state index in [1.54, 1.807) is 0 Å². The maximum absolute atomic E-state index is 15.8. The van der Waals surface area contributed by atoms with E-state index in [1.165, 1.54) is 14.2 Å². The second-order valence-corrected chi connectivity index (χ2v) is 10.3. The zero-order chi connectivity index (χ0) is 42.9. The molecule has 0 atom stereocenters. The minimum Gasteiger partial charge on any atom is -0.288 e. The molecule has 4 bridgehead atoms. The van der Waals surface area contributed by atoms with Crippen LogP contribution in [-0.2, 0) is 14.2 Å². The molecule has 0 amide bonds. The second kappa shape index (κ2) is 10.5. The Hall–Kier alpha value is -2.41. The highest BCUT2D eigenvalue weighted by Crippen LogP contribution is 2.90. The topological polar surface area (TPSA) is 37.4 Å². The van der Waals surface area contributed by atoms with Crippen molar-refractivity contribution in [2.24, 2.45) is 0 Å². The number of nitrogens with zero attached hydrogens (tertiary/aromatic N) is 3. The van der Waals surface area contributed by atoms with Gasteiger partial charge in [0.15, 0.2) is 0 Å². The van der Waals surface area contributed by atoms with E-state index in [-0.39, 0.29) is 0 Å². The molecule has 6 nitrogen and oxygen atoms in total. The summed E-state index contributed by atoms with van der Waals surface area (Å²) in [6, 6.07) is -25.2. The molecule has 0 aromatic heterocycles. The summed E-state index contributed by atoms with van der Waals surface area (Å²) in [5.74, 6) is -58.3. The van der Waals surface area contributed by atoms with Gasteiger partial charge in [-0.05, 0) is 0 Å². The fourth-order valence-corrected chi connectivity index (χ4v) is 5.47. The van der Waals surface area contributed by atoms with E-state index < -0.39 is 111 Å². The number of ether oxygens (including phenoxy) is 3. The van der Waals surface area contributed by atoms with Crippen LogP contribution in [-0.4, -0.2) is 111 Å². The van der Waals surface area contributed by atoms with Gasteiger partial charge in [-0.3, -0.25) is 14.2 Å². The number of halogens is 31. The Balaban J connectivity index is 2.88. The third-order valence-electron chi connectivity index (χ3n) is 7.81. The molecule has 4 fully saturated rings. The first-order chi connectivity index (χ1) is 22.7. The molecule has 0 saturated heterocycles. The van der Waals surface area contributed by atoms with Gasteiger partial charge in [0.05, 0.1) is 0 Å². The smallest absolute Gasteiger partial charge is 0.288 e. The Kier molecular flexibility index (Phi) is 8.91. The molecule has 4 rings (SSSR count). The minimum absolute atomic E-state index is 1.26. The third kappa shape index (κ3) is 3.95. The Morgan fingerprint density at radius 1 is 0.283 bits per heavy atom. The van der Waals surface area contributed by atoms with E-state index in [0.717, 1.165) is 0 Å². The van der Waals surface area contributed by atoms with Crippen LogP contribution in [0.4, 0.5) is 137 Å². The van der Waals surface area contributed by atoms with Gasteiger partial charge < -0.3 is 0 Å². The molecule has 0 N–H and O–H groups in total. The van der Waals surface area contributed by atoms with Crippen LogP contribution in [0.3, 0.4) is 0 Å². The zero-order valence-corrected chi connectivity index (χ0v) is 22.3. The largest absolute Gasteiger partial charge is 0.447 e. The van der Waals surface area contributed by atoms with Crippen LogP contribution in [0.2, 0.25) is 0 Å². The maximum Gasteiger partial charge on any atom is 0.447 e. The van der Waals surface area contributed by atoms with E-state index in [4.69, 9.17) is 0 Å². The van der Waals surface area contributed by atoms with E-state index in [9.17, 15) is 79.6 Å². The van der Waals surface area contributed by atoms with Crippen molar-refractivity contribution in [1.29, 1.82) is 0 Å². The maximum atomic E-state index is 15.8. The lowest BCUT2D eigenvalue weighted by Crippen LogP contribution is -3.12. The van der Waals surface area contributed by atoms with E-state index in [0.29, 0.717) is 0 Å². The highest BCUT2D eigenvalue weighted by molar-refractivity contribution is 5.55. The lowest BCUT2D eigenvalue weighted by atomic mass is 9.38. The monoisotopic (exact) mass is 871 g/mol. The molecule has 0 aromatic rings. The van der Waals surface area contributed by atoms with Crippen molar-refractivity contribution in [3.05, 3.63) is 0 Å². The van der Waals surface area contributed by atoms with Gasteiger partial charge in [-0.2, -0.15) is 105 Å². The van der Waals surface area contributed by atoms with Gasteiger partial charge >= 0.3 is 77.7 Å². The SMILES string of the molecule is FN(F)C(F)(F)C(F)(F)OC12C(F)(F)C3(F)C(F)(F)C(OC(F)(F)C(F)(F)N(F)F)(C1(F)F)C(F)(F)C(OC(F)(F)C(F)(F)N(F)F)(C3(F)F)C2(F)F. The van der Waals surface area contributed by atoms with Gasteiger partial charge in [0.25, 0.3) is 16.8 Å². The van der Waals surface area contributed by atoms with E-state index >= 15 is 57.1 Å². The summed E-state index contributed by atoms with van der Waals surface area (Å²) in [6.45, 7) is 0. The number of rotatable bonds is 12. The normalized spacial score (nSPS) is 34.8. The van der Waals surface area contributed by atoms with Gasteiger partial charge in [-0.15, -0.1) is 0 Å². The predicted octanol–water partition coefficient (Wildman–Crippen LogP) is 8.58. The van der Waals surface area contributed by atoms with E-state index in [2.05, 4.69) is 0 Å². The molecular weight excluding hydrogens is 871 g/mol. The Labute approximate surface area is 263 Å². The molecule has 0 heterocycles. The highest BCUT2D eigenvalue weighted by Gasteiger charge is 3.24. The molecule has 4 aliphatic rings. The predicted molar refractivity (Wildman–Crippen MR) is 86.8 cm³/mol. The van der Waals surface area contributed by atoms with Crippen molar-refractivity contribution in [3.63, 3.8) is 0 Å². The molecule has 4 saturated carbocycles. The summed E-state index contributed by atoms with van der Waals surface area (Å²) in [7, 11) is 0. The van der Waals surface area contributed by atoms with Crippen LogP contribution in [0.1, 0.15) is 0 Å². The summed E-state index contributed by atoms with van der Waals surface area (Å²) in [4.78, 5) is 0. The molecule has 314 valence electrons. The molecule has 53 heavy (non-hydrogen) atoms. The minimum atomic E-state index is -9.82. The first kappa shape index (κ1) is 45.0. The summed E-state index contributed by atoms with van der Waals surface area (Å²) >= 11 is 0. The fourth-order valence-electron chi connectivity index (χ4n) is 5.47. The number of alkyl halides is 25. The molecule has 0 unspecified atom stereocenters. The molecule has 37 heteroatoms. The molecule has 4 aliphatic carbocycles. The van der Waals surface area contributed by atoms with Gasteiger partial charge in [0.2, 0.25) is 0 Å². The summed E-state index contributed by atoms with van der Waals surface area (Å²) in [6.07, 6.45) is -26.8. The molecule has 0 radical (unpaired) electrons. The Bertz CT molecular complexity index is 1290. The van der Waals surface area contributed by atoms with Crippen molar-refractivity contribution >= 4 is 0 Å². The molecule has 0 aromatic carbocycles. The summed E-state index contributed by atoms with van der Waals surface area (Å²) in [5.41, 5.74) is -38.6. The summed E-state index contributed by atoms with van der Waals surface area (Å²) < 4.78 is 447. The van der Waals surface area contributed by atoms with Crippen LogP contribution in [0.25, 0.3) is 0 Å². The van der Waals surface area contributed by atoms with Crippen LogP contribution in [0.15, 0.2) is 0 Å². The van der Waals surface area contributed by atoms with Gasteiger partial charge in [-0.25, -0.2) is 4.39 Å². The highest BCUT2D eigenvalue weighted by atomic mass is 19.4. The number of hydrogen-bond donors (Lipinski definition) is 0. The standard InChI is InChI=1S/C16F31N3O3/c17-1-5(18,19)2(51-14(36,37)11(30,31)48(42)43)8(24,25)3(6(1,20)21,52-15(38,39)12(32,33)49(44)45)10(28,29)4(7(1,22)23,9(2,26)27)53-16(40,41)13(34,35)50(46)47. The van der Waals surface area contributed by atoms with Crippen molar-refractivity contribution in [2.75, 3.05) is 0 Å². The fraction of sp³-hybridized carbons (Fsp3) is 1.00. The lowest BCUT2D eigenvalue weighted by molar-refractivity contribution is -0.678. The quantitative estimate of drug-likeness (QED) is 0.111. The van der Waals surface area contributed by atoms with Crippen molar-refractivity contribution < 1.29 is 151 Å². The van der Waals surface area contributed by atoms with Crippen molar-refractivity contribution in [3.8, 4) is 0 Å². The van der Waals surface area contributed by atoms with E-state index in [1.807, 2.05) is 0 Å². The van der Waals surface area contributed by atoms with Crippen molar-refractivity contribution in [2.45, 2.75) is 94.5 Å². The third-order valence-corrected chi connectivity index (χ3v) is 7.81. The first-order valence-electron chi connectivity index (χ1n) is 11.4. The van der Waals surface area contributed by atoms with Gasteiger partial charge in [0.1, 0.15) is 16.0 Å². The number of hydrogen-bond acceptors (Lipinski definition) is 6.